The normalized spacial score (nSPS) is 17.7. The number of methoxy groups -OCH3 is 2. The zero-order chi connectivity index (χ0) is 18.2. The Morgan fingerprint density at radius 2 is 2.00 bits per heavy atom. The van der Waals surface area contributed by atoms with Gasteiger partial charge in [0, 0.05) is 35.0 Å². The summed E-state index contributed by atoms with van der Waals surface area (Å²) in [6, 6.07) is 16.6. The molecule has 2 unspecified atom stereocenters. The third-order valence-corrected chi connectivity index (χ3v) is 6.59. The maximum atomic E-state index is 5.94. The van der Waals surface area contributed by atoms with Crippen molar-refractivity contribution in [3.8, 4) is 11.5 Å². The molecule has 6 heteroatoms. The molecule has 4 nitrogen and oxygen atoms in total. The molecule has 1 heterocycles. The molecule has 0 bridgehead atoms. The molecule has 1 aliphatic heterocycles. The lowest BCUT2D eigenvalue weighted by Crippen LogP contribution is -2.41. The Bertz CT molecular complexity index is 671. The van der Waals surface area contributed by atoms with Gasteiger partial charge in [-0.3, -0.25) is 0 Å². The number of rotatable bonds is 8. The highest BCUT2D eigenvalue weighted by Gasteiger charge is 2.19. The van der Waals surface area contributed by atoms with Gasteiger partial charge in [-0.05, 0) is 24.3 Å². The Hall–Kier alpha value is -1.34. The number of nitrogens with one attached hydrogen (secondary N) is 1. The van der Waals surface area contributed by atoms with Gasteiger partial charge >= 0.3 is 0 Å². The van der Waals surface area contributed by atoms with E-state index < -0.39 is 0 Å². The maximum Gasteiger partial charge on any atom is 0.132 e. The molecule has 1 N–H and O–H groups in total. The van der Waals surface area contributed by atoms with Crippen LogP contribution in [0.1, 0.15) is 0 Å². The Morgan fingerprint density at radius 1 is 1.19 bits per heavy atom. The zero-order valence-electron chi connectivity index (χ0n) is 15.1. The van der Waals surface area contributed by atoms with Crippen LogP contribution in [0.5, 0.6) is 11.5 Å². The summed E-state index contributed by atoms with van der Waals surface area (Å²) in [7, 11) is 3.47. The molecule has 0 aliphatic carbocycles. The summed E-state index contributed by atoms with van der Waals surface area (Å²) in [5.74, 6) is 3.75. The fourth-order valence-corrected chi connectivity index (χ4v) is 4.79. The Morgan fingerprint density at radius 3 is 2.85 bits per heavy atom. The fraction of sp³-hybridized carbons (Fsp3) is 0.400. The summed E-state index contributed by atoms with van der Waals surface area (Å²) in [6.07, 6.45) is 0.126. The van der Waals surface area contributed by atoms with E-state index in [1.165, 1.54) is 4.90 Å². The van der Waals surface area contributed by atoms with E-state index in [4.69, 9.17) is 14.2 Å². The molecule has 1 aliphatic rings. The quantitative estimate of drug-likeness (QED) is 0.687. The van der Waals surface area contributed by atoms with Crippen LogP contribution in [0.3, 0.4) is 0 Å². The Kier molecular flexibility index (Phi) is 7.55. The van der Waals surface area contributed by atoms with E-state index in [1.54, 1.807) is 26.0 Å². The number of thioether (sulfide) groups is 2. The molecule has 2 aromatic carbocycles. The summed E-state index contributed by atoms with van der Waals surface area (Å²) in [5.41, 5.74) is 0. The van der Waals surface area contributed by atoms with E-state index in [2.05, 4.69) is 23.5 Å². The van der Waals surface area contributed by atoms with Crippen molar-refractivity contribution >= 4 is 23.5 Å². The average molecular weight is 392 g/mol. The molecule has 140 valence electrons. The van der Waals surface area contributed by atoms with E-state index in [0.29, 0.717) is 12.6 Å². The maximum absolute atomic E-state index is 5.94. The van der Waals surface area contributed by atoms with E-state index in [1.807, 2.05) is 42.1 Å². The van der Waals surface area contributed by atoms with Gasteiger partial charge in [-0.2, -0.15) is 0 Å². The molecule has 0 radical (unpaired) electrons. The highest BCUT2D eigenvalue weighted by molar-refractivity contribution is 7.99. The van der Waals surface area contributed by atoms with Gasteiger partial charge in [-0.25, -0.2) is 0 Å². The van der Waals surface area contributed by atoms with Gasteiger partial charge in [-0.15, -0.1) is 23.5 Å². The van der Waals surface area contributed by atoms with E-state index in [-0.39, 0.29) is 6.10 Å². The smallest absolute Gasteiger partial charge is 0.132 e. The monoisotopic (exact) mass is 391 g/mol. The van der Waals surface area contributed by atoms with Crippen LogP contribution in [0.2, 0.25) is 0 Å². The number of ether oxygens (including phenoxy) is 3. The van der Waals surface area contributed by atoms with Crippen LogP contribution in [-0.2, 0) is 4.74 Å². The molecule has 0 saturated heterocycles. The summed E-state index contributed by atoms with van der Waals surface area (Å²) in [5, 5.41) is 3.60. The van der Waals surface area contributed by atoms with Crippen molar-refractivity contribution in [3.05, 3.63) is 48.5 Å². The molecule has 3 rings (SSSR count). The third-order valence-electron chi connectivity index (χ3n) is 4.19. The van der Waals surface area contributed by atoms with Gasteiger partial charge in [-0.1, -0.05) is 24.3 Å². The van der Waals surface area contributed by atoms with E-state index >= 15 is 0 Å². The van der Waals surface area contributed by atoms with Gasteiger partial charge in [0.15, 0.2) is 0 Å². The predicted molar refractivity (Wildman–Crippen MR) is 109 cm³/mol. The molecule has 2 atom stereocenters. The van der Waals surface area contributed by atoms with Crippen LogP contribution in [-0.4, -0.2) is 51.0 Å². The number of benzene rings is 2. The second kappa shape index (κ2) is 10.1. The molecule has 2 aromatic rings. The first-order valence-corrected chi connectivity index (χ1v) is 10.6. The lowest BCUT2D eigenvalue weighted by atomic mass is 10.3. The lowest BCUT2D eigenvalue weighted by Gasteiger charge is -2.21. The van der Waals surface area contributed by atoms with Crippen LogP contribution in [0.15, 0.2) is 58.3 Å². The van der Waals surface area contributed by atoms with Crippen LogP contribution in [0.25, 0.3) is 0 Å². The van der Waals surface area contributed by atoms with Crippen molar-refractivity contribution in [3.63, 3.8) is 0 Å². The van der Waals surface area contributed by atoms with Gasteiger partial charge in [0.05, 0.1) is 19.3 Å². The average Bonchev–Trinajstić information content (AvgIpc) is 2.91. The van der Waals surface area contributed by atoms with Gasteiger partial charge in [0.25, 0.3) is 0 Å². The third kappa shape index (κ3) is 5.33. The highest BCUT2D eigenvalue weighted by atomic mass is 32.2. The molecule has 0 amide bonds. The first kappa shape index (κ1) is 19.4. The second-order valence-corrected chi connectivity index (χ2v) is 8.12. The van der Waals surface area contributed by atoms with Crippen molar-refractivity contribution in [1.29, 1.82) is 0 Å². The lowest BCUT2D eigenvalue weighted by molar-refractivity contribution is 0.116. The van der Waals surface area contributed by atoms with Crippen molar-refractivity contribution in [2.24, 2.45) is 0 Å². The standard InChI is InChI=1S/C20H25NO3S2/c1-22-16(14-26-19-9-5-3-7-17(19)23-2)11-21-15-12-24-18-8-4-6-10-20(18)25-13-15/h3-10,15-16,21H,11-14H2,1-2H3. The molecule has 0 saturated carbocycles. The topological polar surface area (TPSA) is 39.7 Å². The predicted octanol–water partition coefficient (Wildman–Crippen LogP) is 3.95. The van der Waals surface area contributed by atoms with Gasteiger partial charge < -0.3 is 19.5 Å². The minimum atomic E-state index is 0.126. The van der Waals surface area contributed by atoms with Crippen molar-refractivity contribution < 1.29 is 14.2 Å². The zero-order valence-corrected chi connectivity index (χ0v) is 16.8. The number of hydrogen-bond acceptors (Lipinski definition) is 6. The first-order chi connectivity index (χ1) is 12.8. The van der Waals surface area contributed by atoms with Crippen LogP contribution >= 0.6 is 23.5 Å². The van der Waals surface area contributed by atoms with Crippen molar-refractivity contribution in [1.82, 2.24) is 5.32 Å². The number of para-hydroxylation sites is 2. The van der Waals surface area contributed by atoms with E-state index in [0.717, 1.165) is 34.4 Å². The minimum absolute atomic E-state index is 0.126. The van der Waals surface area contributed by atoms with Gasteiger partial charge in [0.1, 0.15) is 18.1 Å². The number of hydrogen-bond donors (Lipinski definition) is 1. The molecule has 26 heavy (non-hydrogen) atoms. The Labute approximate surface area is 164 Å². The molecule has 0 aromatic heterocycles. The van der Waals surface area contributed by atoms with E-state index in [9.17, 15) is 0 Å². The van der Waals surface area contributed by atoms with Crippen LogP contribution in [0, 0.1) is 0 Å². The highest BCUT2D eigenvalue weighted by Crippen LogP contribution is 2.32. The summed E-state index contributed by atoms with van der Waals surface area (Å²) in [6.45, 7) is 1.48. The van der Waals surface area contributed by atoms with Crippen molar-refractivity contribution in [2.75, 3.05) is 38.9 Å². The second-order valence-electron chi connectivity index (χ2n) is 5.99. The Balaban J connectivity index is 1.47. The van der Waals surface area contributed by atoms with Crippen molar-refractivity contribution in [2.45, 2.75) is 21.9 Å². The van der Waals surface area contributed by atoms with Crippen LogP contribution < -0.4 is 14.8 Å². The molecular weight excluding hydrogens is 366 g/mol. The number of fused-ring (bicyclic) bond motifs is 1. The van der Waals surface area contributed by atoms with Gasteiger partial charge in [0.2, 0.25) is 0 Å². The minimum Gasteiger partial charge on any atom is -0.496 e. The fourth-order valence-electron chi connectivity index (χ4n) is 2.66. The molecule has 0 fully saturated rings. The molecule has 0 spiro atoms. The first-order valence-electron chi connectivity index (χ1n) is 8.66. The summed E-state index contributed by atoms with van der Waals surface area (Å²) in [4.78, 5) is 2.35. The molecular formula is C20H25NO3S2. The SMILES string of the molecule is COc1ccccc1SCC(CNC1COc2ccccc2SC1)OC. The van der Waals surface area contributed by atoms with Crippen LogP contribution in [0.4, 0.5) is 0 Å². The largest absolute Gasteiger partial charge is 0.496 e. The summed E-state index contributed by atoms with van der Waals surface area (Å²) >= 11 is 3.60. The summed E-state index contributed by atoms with van der Waals surface area (Å²) < 4.78 is 17.0.